The summed E-state index contributed by atoms with van der Waals surface area (Å²) in [5.41, 5.74) is 3.45. The second-order valence-corrected chi connectivity index (χ2v) is 6.35. The molecule has 3 nitrogen and oxygen atoms in total. The molecule has 0 aliphatic carbocycles. The van der Waals surface area contributed by atoms with Crippen LogP contribution in [0.1, 0.15) is 23.6 Å². The maximum absolute atomic E-state index is 13.0. The highest BCUT2D eigenvalue weighted by atomic mass is 19.4. The lowest BCUT2D eigenvalue weighted by Crippen LogP contribution is -2.14. The first-order chi connectivity index (χ1) is 12.1. The minimum Gasteiger partial charge on any atom is -0.366 e. The van der Waals surface area contributed by atoms with Gasteiger partial charge in [0.2, 0.25) is 0 Å². The van der Waals surface area contributed by atoms with Crippen LogP contribution in [0.25, 0.3) is 0 Å². The molecule has 0 aliphatic heterocycles. The molecule has 6 heteroatoms. The average molecular weight is 363 g/mol. The van der Waals surface area contributed by atoms with Crippen LogP contribution >= 0.6 is 0 Å². The first kappa shape index (κ1) is 19.8. The van der Waals surface area contributed by atoms with E-state index in [0.29, 0.717) is 5.69 Å². The van der Waals surface area contributed by atoms with E-state index >= 15 is 0 Å². The molecule has 0 N–H and O–H groups in total. The molecule has 0 heterocycles. The molecular weight excluding hydrogens is 339 g/mol. The van der Waals surface area contributed by atoms with Crippen molar-refractivity contribution < 1.29 is 13.2 Å². The number of anilines is 2. The largest absolute Gasteiger partial charge is 0.416 e. The van der Waals surface area contributed by atoms with Crippen molar-refractivity contribution in [1.29, 1.82) is 0 Å². The van der Waals surface area contributed by atoms with Crippen LogP contribution in [0.2, 0.25) is 0 Å². The number of alkyl halides is 3. The lowest BCUT2D eigenvalue weighted by molar-refractivity contribution is -0.137. The average Bonchev–Trinajstić information content (AvgIpc) is 2.60. The van der Waals surface area contributed by atoms with Crippen molar-refractivity contribution in [1.82, 2.24) is 4.90 Å². The summed E-state index contributed by atoms with van der Waals surface area (Å²) in [7, 11) is 3.71. The number of halogens is 3. The molecule has 2 aromatic carbocycles. The number of nitrogens with zero attached hydrogens (tertiary/aromatic N) is 3. The van der Waals surface area contributed by atoms with E-state index in [0.717, 1.165) is 41.2 Å². The Morgan fingerprint density at radius 3 is 2.35 bits per heavy atom. The fraction of sp³-hybridized carbons (Fsp3) is 0.350. The van der Waals surface area contributed by atoms with E-state index in [1.54, 1.807) is 24.4 Å². The Hall–Kier alpha value is -2.50. The van der Waals surface area contributed by atoms with Gasteiger partial charge in [0.15, 0.2) is 0 Å². The molecule has 0 radical (unpaired) electrons. The zero-order valence-corrected chi connectivity index (χ0v) is 15.7. The fourth-order valence-electron chi connectivity index (χ4n) is 2.56. The summed E-state index contributed by atoms with van der Waals surface area (Å²) in [5, 5.41) is 0. The third kappa shape index (κ3) is 4.56. The van der Waals surface area contributed by atoms with Gasteiger partial charge in [0.25, 0.3) is 0 Å². The molecule has 0 unspecified atom stereocenters. The number of hydrogen-bond donors (Lipinski definition) is 0. The third-order valence-electron chi connectivity index (χ3n) is 4.33. The van der Waals surface area contributed by atoms with Gasteiger partial charge in [-0.1, -0.05) is 6.07 Å². The van der Waals surface area contributed by atoms with E-state index in [1.807, 2.05) is 44.9 Å². The van der Waals surface area contributed by atoms with Crippen LogP contribution < -0.4 is 4.90 Å². The monoisotopic (exact) mass is 363 g/mol. The Balaban J connectivity index is 2.37. The second-order valence-electron chi connectivity index (χ2n) is 6.35. The van der Waals surface area contributed by atoms with Crippen molar-refractivity contribution in [2.75, 3.05) is 25.5 Å². The topological polar surface area (TPSA) is 18.8 Å². The van der Waals surface area contributed by atoms with Gasteiger partial charge in [-0.25, -0.2) is 4.99 Å². The van der Waals surface area contributed by atoms with Crippen LogP contribution in [0.15, 0.2) is 41.4 Å². The highest BCUT2D eigenvalue weighted by Gasteiger charge is 2.30. The highest BCUT2D eigenvalue weighted by Crippen LogP contribution is 2.35. The molecule has 0 aliphatic rings. The van der Waals surface area contributed by atoms with Gasteiger partial charge in [0.05, 0.1) is 17.6 Å². The predicted molar refractivity (Wildman–Crippen MR) is 102 cm³/mol. The first-order valence-corrected chi connectivity index (χ1v) is 8.40. The molecule has 2 rings (SSSR count). The van der Waals surface area contributed by atoms with Gasteiger partial charge >= 0.3 is 6.18 Å². The molecular formula is C20H24F3N3. The molecule has 0 saturated heterocycles. The minimum absolute atomic E-state index is 0.490. The molecule has 0 spiro atoms. The summed E-state index contributed by atoms with van der Waals surface area (Å²) in [5.74, 6) is 0. The Bertz CT molecular complexity index is 797. The third-order valence-corrected chi connectivity index (χ3v) is 4.33. The lowest BCUT2D eigenvalue weighted by Gasteiger charge is -2.23. The van der Waals surface area contributed by atoms with E-state index in [-0.39, 0.29) is 0 Å². The van der Waals surface area contributed by atoms with Crippen molar-refractivity contribution in [2.45, 2.75) is 26.9 Å². The van der Waals surface area contributed by atoms with Crippen LogP contribution in [-0.4, -0.2) is 31.9 Å². The molecule has 2 aromatic rings. The standard InChI is InChI=1S/C20H24F3N3/c1-6-25(4)13-24-18-10-15(3)19(11-14(18)2)26(5)17-9-7-8-16(12-17)20(21,22)23/h7-13H,6H2,1-5H3. The summed E-state index contributed by atoms with van der Waals surface area (Å²) >= 11 is 0. The smallest absolute Gasteiger partial charge is 0.366 e. The van der Waals surface area contributed by atoms with Crippen molar-refractivity contribution in [3.63, 3.8) is 0 Å². The lowest BCUT2D eigenvalue weighted by atomic mass is 10.1. The van der Waals surface area contributed by atoms with Crippen LogP contribution in [-0.2, 0) is 6.18 Å². The summed E-state index contributed by atoms with van der Waals surface area (Å²) in [6, 6.07) is 9.25. The van der Waals surface area contributed by atoms with Gasteiger partial charge in [0.1, 0.15) is 0 Å². The van der Waals surface area contributed by atoms with Crippen molar-refractivity contribution >= 4 is 23.4 Å². The van der Waals surface area contributed by atoms with Crippen LogP contribution in [0, 0.1) is 13.8 Å². The number of rotatable bonds is 5. The molecule has 0 fully saturated rings. The van der Waals surface area contributed by atoms with Crippen molar-refractivity contribution in [2.24, 2.45) is 4.99 Å². The van der Waals surface area contributed by atoms with E-state index in [1.165, 1.54) is 6.07 Å². The Morgan fingerprint density at radius 1 is 1.04 bits per heavy atom. The number of aliphatic imine (C=N–C) groups is 1. The van der Waals surface area contributed by atoms with Crippen LogP contribution in [0.3, 0.4) is 0 Å². The molecule has 0 saturated carbocycles. The van der Waals surface area contributed by atoms with Gasteiger partial charge in [-0.2, -0.15) is 13.2 Å². The Labute approximate surface area is 152 Å². The Kier molecular flexibility index (Phi) is 5.95. The van der Waals surface area contributed by atoms with E-state index in [2.05, 4.69) is 4.99 Å². The summed E-state index contributed by atoms with van der Waals surface area (Å²) in [4.78, 5) is 8.23. The van der Waals surface area contributed by atoms with Crippen LogP contribution in [0.4, 0.5) is 30.2 Å². The maximum Gasteiger partial charge on any atom is 0.416 e. The fourth-order valence-corrected chi connectivity index (χ4v) is 2.56. The number of hydrogen-bond acceptors (Lipinski definition) is 2. The van der Waals surface area contributed by atoms with Crippen molar-refractivity contribution in [3.05, 3.63) is 53.1 Å². The van der Waals surface area contributed by atoms with Gasteiger partial charge < -0.3 is 9.80 Å². The summed E-state index contributed by atoms with van der Waals surface area (Å²) in [6.45, 7) is 6.78. The van der Waals surface area contributed by atoms with E-state index in [9.17, 15) is 13.2 Å². The SMILES string of the molecule is CCN(C)C=Nc1cc(C)c(N(C)c2cccc(C(F)(F)F)c2)cc1C. The van der Waals surface area contributed by atoms with Crippen molar-refractivity contribution in [3.8, 4) is 0 Å². The normalized spacial score (nSPS) is 11.8. The molecule has 140 valence electrons. The van der Waals surface area contributed by atoms with Gasteiger partial charge in [-0.3, -0.25) is 0 Å². The van der Waals surface area contributed by atoms with Crippen LogP contribution in [0.5, 0.6) is 0 Å². The second kappa shape index (κ2) is 7.81. The molecule has 0 bridgehead atoms. The zero-order chi connectivity index (χ0) is 19.5. The zero-order valence-electron chi connectivity index (χ0n) is 15.7. The number of benzene rings is 2. The highest BCUT2D eigenvalue weighted by molar-refractivity contribution is 5.72. The summed E-state index contributed by atoms with van der Waals surface area (Å²) in [6.07, 6.45) is -2.58. The first-order valence-electron chi connectivity index (χ1n) is 8.40. The van der Waals surface area contributed by atoms with Gasteiger partial charge in [-0.05, 0) is 62.2 Å². The number of aryl methyl sites for hydroxylation is 2. The predicted octanol–water partition coefficient (Wildman–Crippen LogP) is 5.70. The molecule has 0 aromatic heterocycles. The molecule has 26 heavy (non-hydrogen) atoms. The van der Waals surface area contributed by atoms with Gasteiger partial charge in [0, 0.05) is 32.0 Å². The molecule has 0 amide bonds. The Morgan fingerprint density at radius 2 is 1.73 bits per heavy atom. The van der Waals surface area contributed by atoms with Gasteiger partial charge in [-0.15, -0.1) is 0 Å². The van der Waals surface area contributed by atoms with E-state index < -0.39 is 11.7 Å². The summed E-state index contributed by atoms with van der Waals surface area (Å²) < 4.78 is 38.9. The van der Waals surface area contributed by atoms with E-state index in [4.69, 9.17) is 0 Å². The molecule has 0 atom stereocenters. The maximum atomic E-state index is 13.0. The minimum atomic E-state index is -4.36. The quantitative estimate of drug-likeness (QED) is 0.501.